The summed E-state index contributed by atoms with van der Waals surface area (Å²) in [6, 6.07) is 8.11. The molecule has 0 saturated carbocycles. The maximum Gasteiger partial charge on any atom is 0.407 e. The number of aryl methyl sites for hydroxylation is 1. The van der Waals surface area contributed by atoms with Crippen LogP contribution < -0.4 is 20.7 Å². The zero-order valence-corrected chi connectivity index (χ0v) is 25.3. The number of benzene rings is 2. The second-order valence-corrected chi connectivity index (χ2v) is 10.7. The highest BCUT2D eigenvalue weighted by Crippen LogP contribution is 2.31. The van der Waals surface area contributed by atoms with Crippen molar-refractivity contribution in [3.63, 3.8) is 0 Å². The van der Waals surface area contributed by atoms with E-state index in [2.05, 4.69) is 25.9 Å². The molecule has 11 nitrogen and oxygen atoms in total. The van der Waals surface area contributed by atoms with E-state index in [-0.39, 0.29) is 37.0 Å². The van der Waals surface area contributed by atoms with Gasteiger partial charge in [-0.25, -0.2) is 19.2 Å². The molecule has 0 fully saturated rings. The second kappa shape index (κ2) is 14.1. The molecule has 3 N–H and O–H groups in total. The zero-order chi connectivity index (χ0) is 31.9. The van der Waals surface area contributed by atoms with Crippen LogP contribution in [-0.2, 0) is 15.9 Å². The molecule has 0 unspecified atom stereocenters. The van der Waals surface area contributed by atoms with Gasteiger partial charge in [0.05, 0.1) is 32.2 Å². The third-order valence-electron chi connectivity index (χ3n) is 6.41. The van der Waals surface area contributed by atoms with Crippen LogP contribution in [0.2, 0.25) is 0 Å². The Morgan fingerprint density at radius 3 is 2.45 bits per heavy atom. The number of fused-ring (bicyclic) bond motifs is 1. The smallest absolute Gasteiger partial charge is 0.407 e. The number of nitrogens with zero attached hydrogens (tertiary/aromatic N) is 3. The average Bonchev–Trinajstić information content (AvgIpc) is 3.42. The summed E-state index contributed by atoms with van der Waals surface area (Å²) in [5.74, 6) is -2.16. The van der Waals surface area contributed by atoms with Gasteiger partial charge < -0.3 is 30.2 Å². The zero-order valence-electron chi connectivity index (χ0n) is 25.3. The van der Waals surface area contributed by atoms with Gasteiger partial charge in [0, 0.05) is 42.3 Å². The predicted octanol–water partition coefficient (Wildman–Crippen LogP) is 5.26. The van der Waals surface area contributed by atoms with Gasteiger partial charge in [0.25, 0.3) is 5.91 Å². The maximum atomic E-state index is 14.8. The number of alkyl carbamates (subject to hydrolysis) is 1. The van der Waals surface area contributed by atoms with Crippen molar-refractivity contribution in [1.29, 1.82) is 0 Å². The molecule has 2 heterocycles. The lowest BCUT2D eigenvalue weighted by atomic mass is 10.0. The van der Waals surface area contributed by atoms with Crippen LogP contribution in [0.1, 0.15) is 43.6 Å². The highest BCUT2D eigenvalue weighted by molar-refractivity contribution is 5.96. The number of amides is 2. The Hall–Kier alpha value is -4.78. The average molecular weight is 611 g/mol. The Kier molecular flexibility index (Phi) is 10.3. The number of hydrogen-bond acceptors (Lipinski definition) is 8. The number of nitrogens with one attached hydrogen (secondary N) is 3. The highest BCUT2D eigenvalue weighted by atomic mass is 19.2. The quantitative estimate of drug-likeness (QED) is 0.185. The number of rotatable bonds is 12. The van der Waals surface area contributed by atoms with E-state index in [0.717, 1.165) is 5.56 Å². The Bertz CT molecular complexity index is 1640. The number of aromatic nitrogens is 3. The van der Waals surface area contributed by atoms with Gasteiger partial charge in [0.15, 0.2) is 23.0 Å². The van der Waals surface area contributed by atoms with Crippen molar-refractivity contribution in [2.75, 3.05) is 38.7 Å². The topological polar surface area (TPSA) is 128 Å². The van der Waals surface area contributed by atoms with Crippen molar-refractivity contribution in [3.05, 3.63) is 71.7 Å². The van der Waals surface area contributed by atoms with Gasteiger partial charge in [-0.15, -0.1) is 0 Å². The van der Waals surface area contributed by atoms with Crippen molar-refractivity contribution in [1.82, 2.24) is 25.0 Å². The van der Waals surface area contributed by atoms with E-state index < -0.39 is 23.3 Å². The Morgan fingerprint density at radius 1 is 1.00 bits per heavy atom. The molecule has 0 aliphatic carbocycles. The number of halogens is 2. The van der Waals surface area contributed by atoms with E-state index in [0.29, 0.717) is 41.4 Å². The van der Waals surface area contributed by atoms with Crippen molar-refractivity contribution >= 4 is 29.2 Å². The van der Waals surface area contributed by atoms with Gasteiger partial charge >= 0.3 is 6.09 Å². The summed E-state index contributed by atoms with van der Waals surface area (Å²) >= 11 is 0. The number of carbonyl (C=O) groups excluding carboxylic acids is 2. The van der Waals surface area contributed by atoms with Gasteiger partial charge in [0.1, 0.15) is 5.60 Å². The maximum absolute atomic E-state index is 14.8. The van der Waals surface area contributed by atoms with Gasteiger partial charge in [-0.1, -0.05) is 6.92 Å². The summed E-state index contributed by atoms with van der Waals surface area (Å²) in [6.07, 6.45) is 4.66. The molecule has 0 aliphatic heterocycles. The van der Waals surface area contributed by atoms with Crippen LogP contribution in [-0.4, -0.2) is 65.4 Å². The van der Waals surface area contributed by atoms with Crippen LogP contribution in [0, 0.1) is 11.6 Å². The van der Waals surface area contributed by atoms with Gasteiger partial charge in [-0.3, -0.25) is 9.20 Å². The molecule has 44 heavy (non-hydrogen) atoms. The first-order valence-corrected chi connectivity index (χ1v) is 14.1. The molecule has 0 radical (unpaired) electrons. The number of methoxy groups -OCH3 is 1. The monoisotopic (exact) mass is 610 g/mol. The molecular weight excluding hydrogens is 574 g/mol. The van der Waals surface area contributed by atoms with E-state index in [1.165, 1.54) is 31.6 Å². The lowest BCUT2D eigenvalue weighted by molar-refractivity contribution is 0.0500. The molecule has 234 valence electrons. The number of anilines is 2. The molecule has 0 aliphatic rings. The molecule has 4 rings (SSSR count). The van der Waals surface area contributed by atoms with Crippen LogP contribution in [0.15, 0.2) is 48.9 Å². The third kappa shape index (κ3) is 7.78. The van der Waals surface area contributed by atoms with E-state index in [1.54, 1.807) is 43.5 Å². The lowest BCUT2D eigenvalue weighted by Crippen LogP contribution is -2.34. The Morgan fingerprint density at radius 2 is 1.75 bits per heavy atom. The molecule has 0 saturated heterocycles. The summed E-state index contributed by atoms with van der Waals surface area (Å²) in [5.41, 5.74) is 2.20. The van der Waals surface area contributed by atoms with Crippen LogP contribution in [0.3, 0.4) is 0 Å². The number of carbonyl (C=O) groups is 2. The fourth-order valence-electron chi connectivity index (χ4n) is 4.39. The van der Waals surface area contributed by atoms with E-state index >= 15 is 0 Å². The van der Waals surface area contributed by atoms with Crippen LogP contribution in [0.4, 0.5) is 25.1 Å². The molecule has 2 amide bonds. The largest absolute Gasteiger partial charge is 0.494 e. The van der Waals surface area contributed by atoms with Crippen LogP contribution in [0.25, 0.3) is 16.9 Å². The van der Waals surface area contributed by atoms with Gasteiger partial charge in [-0.05, 0) is 63.1 Å². The molecule has 0 atom stereocenters. The van der Waals surface area contributed by atoms with Crippen molar-refractivity contribution in [2.45, 2.75) is 39.7 Å². The molecular formula is C31H36F2N6O5. The fourth-order valence-corrected chi connectivity index (χ4v) is 4.39. The first-order chi connectivity index (χ1) is 21.0. The normalized spacial score (nSPS) is 11.3. The minimum Gasteiger partial charge on any atom is -0.494 e. The van der Waals surface area contributed by atoms with Crippen molar-refractivity contribution in [2.24, 2.45) is 0 Å². The first kappa shape index (κ1) is 32.1. The van der Waals surface area contributed by atoms with Gasteiger partial charge in [-0.2, -0.15) is 4.39 Å². The molecule has 13 heteroatoms. The Balaban J connectivity index is 1.37. The van der Waals surface area contributed by atoms with Crippen molar-refractivity contribution in [3.8, 4) is 17.0 Å². The summed E-state index contributed by atoms with van der Waals surface area (Å²) < 4.78 is 46.3. The molecule has 2 aromatic heterocycles. The lowest BCUT2D eigenvalue weighted by Gasteiger charge is -2.19. The summed E-state index contributed by atoms with van der Waals surface area (Å²) in [7, 11) is 1.27. The molecule has 4 aromatic rings. The minimum absolute atomic E-state index is 0.0273. The van der Waals surface area contributed by atoms with Crippen molar-refractivity contribution < 1.29 is 32.6 Å². The molecule has 0 bridgehead atoms. The SMILES string of the molecule is CCc1cc(Nc2nccn3c(-c4ccc(OC)c(F)c4F)cnc23)ccc1C(=O)NCCOCCNC(=O)OC(C)(C)C. The Labute approximate surface area is 253 Å². The fraction of sp³-hybridized carbons (Fsp3) is 0.355. The molecule has 2 aromatic carbocycles. The molecule has 0 spiro atoms. The summed E-state index contributed by atoms with van der Waals surface area (Å²) in [5, 5.41) is 8.67. The first-order valence-electron chi connectivity index (χ1n) is 14.1. The van der Waals surface area contributed by atoms with E-state index in [9.17, 15) is 18.4 Å². The second-order valence-electron chi connectivity index (χ2n) is 10.7. The van der Waals surface area contributed by atoms with Gasteiger partial charge in [0.2, 0.25) is 5.82 Å². The number of ether oxygens (including phenoxy) is 3. The minimum atomic E-state index is -1.08. The van der Waals surface area contributed by atoms with E-state index in [1.807, 2.05) is 13.0 Å². The standard InChI is InChI=1S/C31H36F2N6O5/c1-6-19-17-20(7-8-21(19)29(40)35-12-15-43-16-13-36-30(41)44-31(2,3)4)38-27-28-37-18-23(39(28)14-11-34-27)22-9-10-24(42-5)26(33)25(22)32/h7-11,14,17-18H,6,12-13,15-16H2,1-5H3,(H,34,38)(H,35,40)(H,36,41). The summed E-state index contributed by atoms with van der Waals surface area (Å²) in [4.78, 5) is 33.3. The predicted molar refractivity (Wildman–Crippen MR) is 161 cm³/mol. The summed E-state index contributed by atoms with van der Waals surface area (Å²) in [6.45, 7) is 8.43. The number of imidazole rings is 1. The van der Waals surface area contributed by atoms with Crippen LogP contribution in [0.5, 0.6) is 5.75 Å². The number of hydrogen-bond donors (Lipinski definition) is 3. The highest BCUT2D eigenvalue weighted by Gasteiger charge is 2.20. The van der Waals surface area contributed by atoms with Crippen LogP contribution >= 0.6 is 0 Å². The van der Waals surface area contributed by atoms with E-state index in [4.69, 9.17) is 14.2 Å². The third-order valence-corrected chi connectivity index (χ3v) is 6.41.